The molecule has 0 amide bonds. The number of carboxylic acids is 1. The maximum atomic E-state index is 11.6. The van der Waals surface area contributed by atoms with Gasteiger partial charge in [-0.2, -0.15) is 0 Å². The summed E-state index contributed by atoms with van der Waals surface area (Å²) in [7, 11) is 0. The molecular weight excluding hydrogens is 236 g/mol. The highest BCUT2D eigenvalue weighted by Gasteiger charge is 2.41. The Labute approximate surface area is 115 Å². The number of carboxylic acid groups (broad SMARTS) is 1. The van der Waals surface area contributed by atoms with Gasteiger partial charge in [0, 0.05) is 0 Å². The zero-order valence-corrected chi connectivity index (χ0v) is 12.2. The lowest BCUT2D eigenvalue weighted by molar-refractivity contribution is -0.148. The second kappa shape index (κ2) is 4.99. The number of hydrogen-bond acceptors (Lipinski definition) is 1. The molecule has 0 unspecified atom stereocenters. The van der Waals surface area contributed by atoms with E-state index in [4.69, 9.17) is 0 Å². The lowest BCUT2D eigenvalue weighted by Gasteiger charge is -2.24. The Morgan fingerprint density at radius 3 is 2.11 bits per heavy atom. The van der Waals surface area contributed by atoms with Gasteiger partial charge in [0.15, 0.2) is 0 Å². The Kier molecular flexibility index (Phi) is 3.71. The molecule has 1 aliphatic rings. The molecule has 0 heterocycles. The Hall–Kier alpha value is -1.31. The minimum absolute atomic E-state index is 0.149. The Morgan fingerprint density at radius 2 is 1.68 bits per heavy atom. The van der Waals surface area contributed by atoms with E-state index in [1.807, 2.05) is 0 Å². The van der Waals surface area contributed by atoms with Crippen molar-refractivity contribution >= 4 is 5.97 Å². The van der Waals surface area contributed by atoms with E-state index in [0.29, 0.717) is 6.42 Å². The first-order valence-electron chi connectivity index (χ1n) is 7.16. The van der Waals surface area contributed by atoms with Crippen molar-refractivity contribution in [3.63, 3.8) is 0 Å². The third-order valence-electron chi connectivity index (χ3n) is 4.38. The van der Waals surface area contributed by atoms with Crippen molar-refractivity contribution in [3.8, 4) is 0 Å². The molecule has 19 heavy (non-hydrogen) atoms. The minimum atomic E-state index is -0.620. The van der Waals surface area contributed by atoms with Gasteiger partial charge in [0.1, 0.15) is 0 Å². The molecule has 2 nitrogen and oxygen atoms in total. The zero-order chi connectivity index (χ0) is 14.1. The van der Waals surface area contributed by atoms with Crippen molar-refractivity contribution in [3.05, 3.63) is 35.4 Å². The van der Waals surface area contributed by atoms with Crippen LogP contribution in [0.25, 0.3) is 0 Å². The summed E-state index contributed by atoms with van der Waals surface area (Å²) >= 11 is 0. The summed E-state index contributed by atoms with van der Waals surface area (Å²) in [4.78, 5) is 11.6. The molecule has 0 atom stereocenters. The normalized spacial score (nSPS) is 18.5. The summed E-state index contributed by atoms with van der Waals surface area (Å²) in [5.41, 5.74) is 2.09. The SMILES string of the molecule is CC(C)(C)c1ccc(CC2(C(=O)O)CCCC2)cc1. The molecule has 1 aromatic carbocycles. The van der Waals surface area contributed by atoms with Gasteiger partial charge in [0.2, 0.25) is 0 Å². The predicted molar refractivity (Wildman–Crippen MR) is 77.4 cm³/mol. The van der Waals surface area contributed by atoms with Crippen LogP contribution in [0, 0.1) is 5.41 Å². The third-order valence-corrected chi connectivity index (χ3v) is 4.38. The highest BCUT2D eigenvalue weighted by molar-refractivity contribution is 5.75. The molecule has 0 saturated heterocycles. The first kappa shape index (κ1) is 14.1. The second-order valence-corrected chi connectivity index (χ2v) is 6.92. The van der Waals surface area contributed by atoms with Gasteiger partial charge < -0.3 is 5.11 Å². The van der Waals surface area contributed by atoms with E-state index in [1.165, 1.54) is 5.56 Å². The smallest absolute Gasteiger partial charge is 0.309 e. The number of aliphatic carboxylic acids is 1. The van der Waals surface area contributed by atoms with E-state index in [0.717, 1.165) is 31.2 Å². The van der Waals surface area contributed by atoms with Crippen molar-refractivity contribution in [2.45, 2.75) is 58.3 Å². The number of hydrogen-bond donors (Lipinski definition) is 1. The summed E-state index contributed by atoms with van der Waals surface area (Å²) < 4.78 is 0. The molecule has 0 bridgehead atoms. The van der Waals surface area contributed by atoms with Crippen molar-refractivity contribution in [1.82, 2.24) is 0 Å². The molecule has 2 rings (SSSR count). The fraction of sp³-hybridized carbons (Fsp3) is 0.588. The van der Waals surface area contributed by atoms with Crippen LogP contribution >= 0.6 is 0 Å². The van der Waals surface area contributed by atoms with Crippen molar-refractivity contribution in [2.24, 2.45) is 5.41 Å². The van der Waals surface area contributed by atoms with Crippen LogP contribution in [0.4, 0.5) is 0 Å². The molecule has 1 N–H and O–H groups in total. The first-order chi connectivity index (χ1) is 8.83. The van der Waals surface area contributed by atoms with E-state index < -0.39 is 11.4 Å². The Bertz CT molecular complexity index is 445. The van der Waals surface area contributed by atoms with E-state index in [9.17, 15) is 9.90 Å². The highest BCUT2D eigenvalue weighted by Crippen LogP contribution is 2.41. The van der Waals surface area contributed by atoms with Crippen LogP contribution in [0.15, 0.2) is 24.3 Å². The molecule has 0 spiro atoms. The van der Waals surface area contributed by atoms with Crippen LogP contribution in [-0.4, -0.2) is 11.1 Å². The summed E-state index contributed by atoms with van der Waals surface area (Å²) in [6, 6.07) is 8.48. The van der Waals surface area contributed by atoms with Gasteiger partial charge in [-0.1, -0.05) is 57.9 Å². The Morgan fingerprint density at radius 1 is 1.16 bits per heavy atom. The fourth-order valence-corrected chi connectivity index (χ4v) is 3.03. The zero-order valence-electron chi connectivity index (χ0n) is 12.2. The van der Waals surface area contributed by atoms with Crippen LogP contribution in [0.5, 0.6) is 0 Å². The van der Waals surface area contributed by atoms with Crippen LogP contribution in [0.1, 0.15) is 57.6 Å². The minimum Gasteiger partial charge on any atom is -0.481 e. The van der Waals surface area contributed by atoms with Gasteiger partial charge in [-0.25, -0.2) is 0 Å². The van der Waals surface area contributed by atoms with E-state index in [-0.39, 0.29) is 5.41 Å². The summed E-state index contributed by atoms with van der Waals surface area (Å²) in [5.74, 6) is -0.620. The molecule has 104 valence electrons. The number of carbonyl (C=O) groups is 1. The third kappa shape index (κ3) is 2.99. The maximum absolute atomic E-state index is 11.6. The molecule has 2 heteroatoms. The van der Waals surface area contributed by atoms with E-state index >= 15 is 0 Å². The van der Waals surface area contributed by atoms with E-state index in [1.54, 1.807) is 0 Å². The van der Waals surface area contributed by atoms with Gasteiger partial charge in [-0.05, 0) is 35.8 Å². The van der Waals surface area contributed by atoms with Crippen molar-refractivity contribution in [2.75, 3.05) is 0 Å². The first-order valence-corrected chi connectivity index (χ1v) is 7.16. The van der Waals surface area contributed by atoms with Crippen molar-refractivity contribution in [1.29, 1.82) is 0 Å². The van der Waals surface area contributed by atoms with E-state index in [2.05, 4.69) is 45.0 Å². The topological polar surface area (TPSA) is 37.3 Å². The molecule has 1 aliphatic carbocycles. The van der Waals surface area contributed by atoms with Gasteiger partial charge in [0.25, 0.3) is 0 Å². The van der Waals surface area contributed by atoms with Gasteiger partial charge in [-0.15, -0.1) is 0 Å². The van der Waals surface area contributed by atoms with Gasteiger partial charge in [-0.3, -0.25) is 4.79 Å². The molecule has 1 saturated carbocycles. The van der Waals surface area contributed by atoms with Crippen molar-refractivity contribution < 1.29 is 9.90 Å². The van der Waals surface area contributed by atoms with Gasteiger partial charge >= 0.3 is 5.97 Å². The molecule has 0 aromatic heterocycles. The second-order valence-electron chi connectivity index (χ2n) is 6.92. The fourth-order valence-electron chi connectivity index (χ4n) is 3.03. The number of rotatable bonds is 3. The molecular formula is C17H24O2. The Balaban J connectivity index is 2.17. The standard InChI is InChI=1S/C17H24O2/c1-16(2,3)14-8-6-13(7-9-14)12-17(15(18)19)10-4-5-11-17/h6-9H,4-5,10-12H2,1-3H3,(H,18,19). The van der Waals surface area contributed by atoms with Crippen LogP contribution in [0.3, 0.4) is 0 Å². The molecule has 1 aromatic rings. The predicted octanol–water partition coefficient (Wildman–Crippen LogP) is 4.17. The van der Waals surface area contributed by atoms with Gasteiger partial charge in [0.05, 0.1) is 5.41 Å². The lowest BCUT2D eigenvalue weighted by Crippen LogP contribution is -2.30. The molecule has 0 radical (unpaired) electrons. The van der Waals surface area contributed by atoms with Crippen LogP contribution in [0.2, 0.25) is 0 Å². The monoisotopic (exact) mass is 260 g/mol. The van der Waals surface area contributed by atoms with Crippen LogP contribution in [-0.2, 0) is 16.6 Å². The largest absolute Gasteiger partial charge is 0.481 e. The highest BCUT2D eigenvalue weighted by atomic mass is 16.4. The number of benzene rings is 1. The summed E-state index contributed by atoms with van der Waals surface area (Å²) in [6.45, 7) is 6.58. The maximum Gasteiger partial charge on any atom is 0.309 e. The average Bonchev–Trinajstić information content (AvgIpc) is 2.78. The average molecular weight is 260 g/mol. The summed E-state index contributed by atoms with van der Waals surface area (Å²) in [6.07, 6.45) is 4.41. The quantitative estimate of drug-likeness (QED) is 0.885. The van der Waals surface area contributed by atoms with Crippen LogP contribution < -0.4 is 0 Å². The molecule has 1 fully saturated rings. The summed E-state index contributed by atoms with van der Waals surface area (Å²) in [5, 5.41) is 9.51. The lowest BCUT2D eigenvalue weighted by atomic mass is 9.79. The molecule has 0 aliphatic heterocycles.